The molecule has 140 valence electrons. The fourth-order valence-corrected chi connectivity index (χ4v) is 4.06. The molecule has 0 bridgehead atoms. The van der Waals surface area contributed by atoms with Crippen molar-refractivity contribution < 1.29 is 13.6 Å². The van der Waals surface area contributed by atoms with Crippen molar-refractivity contribution in [2.45, 2.75) is 103 Å². The molecule has 23 heavy (non-hydrogen) atoms. The fourth-order valence-electron chi connectivity index (χ4n) is 2.93. The van der Waals surface area contributed by atoms with E-state index in [-0.39, 0.29) is 0 Å². The Morgan fingerprint density at radius 3 is 1.17 bits per heavy atom. The fraction of sp³-hybridized carbons (Fsp3) is 1.00. The van der Waals surface area contributed by atoms with E-state index in [0.29, 0.717) is 6.16 Å². The van der Waals surface area contributed by atoms with Crippen LogP contribution in [0.2, 0.25) is 0 Å². The van der Waals surface area contributed by atoms with Crippen LogP contribution in [-0.2, 0) is 13.6 Å². The lowest BCUT2D eigenvalue weighted by atomic mass is 10.0. The third-order valence-electron chi connectivity index (χ3n) is 4.59. The molecule has 0 aliphatic carbocycles. The van der Waals surface area contributed by atoms with Crippen molar-refractivity contribution in [3.8, 4) is 0 Å². The van der Waals surface area contributed by atoms with E-state index in [1.54, 1.807) is 0 Å². The molecule has 0 rings (SSSR count). The van der Waals surface area contributed by atoms with Crippen LogP contribution in [0.5, 0.6) is 0 Å². The van der Waals surface area contributed by atoms with Gasteiger partial charge in [-0.2, -0.15) is 0 Å². The zero-order chi connectivity index (χ0) is 17.2. The third-order valence-corrected chi connectivity index (χ3v) is 6.57. The zero-order valence-corrected chi connectivity index (χ0v) is 16.9. The van der Waals surface area contributed by atoms with Crippen LogP contribution in [0.3, 0.4) is 0 Å². The minimum atomic E-state index is -2.77. The van der Waals surface area contributed by atoms with Crippen molar-refractivity contribution in [1.82, 2.24) is 0 Å². The molecule has 3 nitrogen and oxygen atoms in total. The van der Waals surface area contributed by atoms with Crippen LogP contribution in [0.15, 0.2) is 0 Å². The minimum absolute atomic E-state index is 0.554. The van der Waals surface area contributed by atoms with Gasteiger partial charge in [-0.05, 0) is 6.42 Å². The van der Waals surface area contributed by atoms with Crippen molar-refractivity contribution in [2.75, 3.05) is 20.4 Å². The highest BCUT2D eigenvalue weighted by atomic mass is 31.2. The Morgan fingerprint density at radius 2 is 0.870 bits per heavy atom. The summed E-state index contributed by atoms with van der Waals surface area (Å²) >= 11 is 0. The molecule has 0 atom stereocenters. The molecule has 0 N–H and O–H groups in total. The molecule has 0 saturated carbocycles. The number of rotatable bonds is 18. The average molecular weight is 349 g/mol. The summed E-state index contributed by atoms with van der Waals surface area (Å²) in [7, 11) is 0.168. The maximum absolute atomic E-state index is 11.8. The second kappa shape index (κ2) is 17.0. The van der Waals surface area contributed by atoms with E-state index < -0.39 is 7.60 Å². The van der Waals surface area contributed by atoms with E-state index in [0.717, 1.165) is 12.8 Å². The van der Waals surface area contributed by atoms with E-state index >= 15 is 0 Å². The van der Waals surface area contributed by atoms with Crippen LogP contribution in [0.1, 0.15) is 103 Å². The molecule has 0 spiro atoms. The van der Waals surface area contributed by atoms with Crippen molar-refractivity contribution in [3.05, 3.63) is 0 Å². The van der Waals surface area contributed by atoms with E-state index in [9.17, 15) is 4.57 Å². The van der Waals surface area contributed by atoms with Crippen LogP contribution in [0, 0.1) is 0 Å². The summed E-state index contributed by atoms with van der Waals surface area (Å²) in [5.74, 6) is 0. The normalized spacial score (nSPS) is 12.0. The molecular weight excluding hydrogens is 307 g/mol. The lowest BCUT2D eigenvalue weighted by Crippen LogP contribution is -1.94. The molecule has 0 aliphatic heterocycles. The first-order chi connectivity index (χ1) is 11.2. The van der Waals surface area contributed by atoms with Gasteiger partial charge in [-0.3, -0.25) is 4.57 Å². The van der Waals surface area contributed by atoms with Gasteiger partial charge in [-0.25, -0.2) is 0 Å². The lowest BCUT2D eigenvalue weighted by Gasteiger charge is -2.12. The van der Waals surface area contributed by atoms with Gasteiger partial charge in [-0.15, -0.1) is 0 Å². The van der Waals surface area contributed by atoms with Gasteiger partial charge in [0.05, 0.1) is 6.16 Å². The van der Waals surface area contributed by atoms with Crippen molar-refractivity contribution in [2.24, 2.45) is 0 Å². The first kappa shape index (κ1) is 23.1. The Morgan fingerprint density at radius 1 is 0.565 bits per heavy atom. The number of hydrogen-bond donors (Lipinski definition) is 0. The third kappa shape index (κ3) is 15.4. The number of unbranched alkanes of at least 4 members (excludes halogenated alkanes) is 14. The van der Waals surface area contributed by atoms with Crippen LogP contribution >= 0.6 is 7.60 Å². The average Bonchev–Trinajstić information content (AvgIpc) is 2.58. The van der Waals surface area contributed by atoms with Gasteiger partial charge in [0, 0.05) is 14.2 Å². The Balaban J connectivity index is 3.15. The highest BCUT2D eigenvalue weighted by molar-refractivity contribution is 7.53. The molecule has 0 aliphatic rings. The van der Waals surface area contributed by atoms with Gasteiger partial charge >= 0.3 is 7.60 Å². The summed E-state index contributed by atoms with van der Waals surface area (Å²) in [6.45, 7) is 2.28. The van der Waals surface area contributed by atoms with Crippen molar-refractivity contribution >= 4 is 7.60 Å². The molecule has 0 aromatic carbocycles. The predicted molar refractivity (Wildman–Crippen MR) is 101 cm³/mol. The molecular formula is C19H41O3P. The summed E-state index contributed by atoms with van der Waals surface area (Å²) in [4.78, 5) is 0. The van der Waals surface area contributed by atoms with Crippen LogP contribution < -0.4 is 0 Å². The van der Waals surface area contributed by atoms with Crippen molar-refractivity contribution in [3.63, 3.8) is 0 Å². The van der Waals surface area contributed by atoms with Gasteiger partial charge < -0.3 is 9.05 Å². The first-order valence-corrected chi connectivity index (χ1v) is 11.6. The highest BCUT2D eigenvalue weighted by Gasteiger charge is 2.19. The molecule has 0 heterocycles. The first-order valence-electron chi connectivity index (χ1n) is 9.89. The van der Waals surface area contributed by atoms with E-state index in [1.807, 2.05) is 0 Å². The predicted octanol–water partition coefficient (Wildman–Crippen LogP) is 7.34. The van der Waals surface area contributed by atoms with Crippen LogP contribution in [-0.4, -0.2) is 20.4 Å². The largest absolute Gasteiger partial charge is 0.330 e. The summed E-state index contributed by atoms with van der Waals surface area (Å²) in [5, 5.41) is 0. The van der Waals surface area contributed by atoms with Crippen LogP contribution in [0.25, 0.3) is 0 Å². The van der Waals surface area contributed by atoms with E-state index in [1.165, 1.54) is 97.7 Å². The smallest absolute Gasteiger partial charge is 0.312 e. The topological polar surface area (TPSA) is 35.5 Å². The SMILES string of the molecule is CCCCCCCCCCCCCCCCCP(=O)(OC)OC. The monoisotopic (exact) mass is 348 g/mol. The maximum atomic E-state index is 11.8. The zero-order valence-electron chi connectivity index (χ0n) is 16.0. The van der Waals surface area contributed by atoms with Gasteiger partial charge in [0.2, 0.25) is 0 Å². The van der Waals surface area contributed by atoms with Crippen LogP contribution in [0.4, 0.5) is 0 Å². The Labute approximate surface area is 145 Å². The maximum Gasteiger partial charge on any atom is 0.330 e. The Bertz CT molecular complexity index is 274. The summed E-state index contributed by atoms with van der Waals surface area (Å²) in [5.41, 5.74) is 0. The molecule has 0 aromatic heterocycles. The molecule has 0 fully saturated rings. The summed E-state index contributed by atoms with van der Waals surface area (Å²) < 4.78 is 21.7. The van der Waals surface area contributed by atoms with E-state index in [2.05, 4.69) is 6.92 Å². The molecule has 0 saturated heterocycles. The standard InChI is InChI=1S/C19H41O3P/c1-4-5-6-7-8-9-10-11-12-13-14-15-16-17-18-19-23(20,21-2)22-3/h4-19H2,1-3H3. The second-order valence-electron chi connectivity index (χ2n) is 6.65. The van der Waals surface area contributed by atoms with Gasteiger partial charge in [0.25, 0.3) is 0 Å². The molecule has 0 amide bonds. The highest BCUT2D eigenvalue weighted by Crippen LogP contribution is 2.47. The van der Waals surface area contributed by atoms with E-state index in [4.69, 9.17) is 9.05 Å². The summed E-state index contributed by atoms with van der Waals surface area (Å²) in [6, 6.07) is 0. The number of hydrogen-bond acceptors (Lipinski definition) is 3. The Kier molecular flexibility index (Phi) is 17.1. The second-order valence-corrected chi connectivity index (χ2v) is 9.05. The van der Waals surface area contributed by atoms with Gasteiger partial charge in [-0.1, -0.05) is 96.8 Å². The minimum Gasteiger partial charge on any atom is -0.312 e. The summed E-state index contributed by atoms with van der Waals surface area (Å²) in [6.07, 6.45) is 20.6. The molecule has 0 aromatic rings. The van der Waals surface area contributed by atoms with Gasteiger partial charge in [0.1, 0.15) is 0 Å². The molecule has 0 unspecified atom stereocenters. The van der Waals surface area contributed by atoms with Gasteiger partial charge in [0.15, 0.2) is 0 Å². The quantitative estimate of drug-likeness (QED) is 0.192. The Hall–Kier alpha value is 0.150. The molecule has 0 radical (unpaired) electrons. The molecule has 4 heteroatoms. The lowest BCUT2D eigenvalue weighted by molar-refractivity contribution is 0.275. The van der Waals surface area contributed by atoms with Crippen molar-refractivity contribution in [1.29, 1.82) is 0 Å².